The van der Waals surface area contributed by atoms with Gasteiger partial charge in [0, 0.05) is 0 Å². The van der Waals surface area contributed by atoms with Crippen molar-refractivity contribution in [2.45, 2.75) is 20.8 Å². The van der Waals surface area contributed by atoms with E-state index in [1.807, 2.05) is 26.8 Å². The van der Waals surface area contributed by atoms with E-state index in [0.29, 0.717) is 4.59 Å². The monoisotopic (exact) mass is 141 g/mol. The highest BCUT2D eigenvalue weighted by Gasteiger charge is 2.12. The Bertz CT molecular complexity index is 124. The van der Waals surface area contributed by atoms with Crippen LogP contribution in [0.4, 0.5) is 0 Å². The summed E-state index contributed by atoms with van der Waals surface area (Å²) >= 11 is 0. The molecule has 3 heteroatoms. The molecule has 0 heterocycles. The first-order valence-electron chi connectivity index (χ1n) is 3.72. The summed E-state index contributed by atoms with van der Waals surface area (Å²) in [6.45, 7) is 8.86. The molecule has 0 unspecified atom stereocenters. The van der Waals surface area contributed by atoms with Gasteiger partial charge in [0.05, 0.1) is 19.6 Å². The van der Waals surface area contributed by atoms with Gasteiger partial charge in [0.25, 0.3) is 0 Å². The molecular weight excluding hydrogens is 126 g/mol. The molecule has 0 fully saturated rings. The van der Waals surface area contributed by atoms with E-state index in [2.05, 4.69) is 5.10 Å². The minimum absolute atomic E-state index is 0.566. The van der Waals surface area contributed by atoms with Gasteiger partial charge in [0.2, 0.25) is 0 Å². The van der Waals surface area contributed by atoms with Crippen LogP contribution in [0.3, 0.4) is 0 Å². The van der Waals surface area contributed by atoms with Crippen LogP contribution in [-0.2, 0) is 0 Å². The maximum atomic E-state index is 8.36. The Labute approximate surface area is 62.4 Å². The Balaban J connectivity index is 4.29. The van der Waals surface area contributed by atoms with Gasteiger partial charge in [0.15, 0.2) is 0 Å². The molecule has 0 aromatic heterocycles. The van der Waals surface area contributed by atoms with Crippen molar-refractivity contribution in [2.75, 3.05) is 19.6 Å². The molecule has 0 aliphatic carbocycles. The Kier molecular flexibility index (Phi) is 3.93. The number of quaternary nitrogens is 1. The lowest BCUT2D eigenvalue weighted by molar-refractivity contribution is -0.929. The van der Waals surface area contributed by atoms with Gasteiger partial charge in [-0.1, -0.05) is 6.01 Å². The summed E-state index contributed by atoms with van der Waals surface area (Å²) in [5, 5.41) is 12.2. The first kappa shape index (κ1) is 9.34. The Morgan fingerprint density at radius 1 is 1.20 bits per heavy atom. The van der Waals surface area contributed by atoms with Crippen LogP contribution in [0.25, 0.3) is 5.41 Å². The van der Waals surface area contributed by atoms with Gasteiger partial charge in [-0.3, -0.25) is 4.59 Å². The summed E-state index contributed by atoms with van der Waals surface area (Å²) in [6, 6.07) is 1.86. The average molecular weight is 141 g/mol. The lowest BCUT2D eigenvalue weighted by atomic mass is 10.4. The third-order valence-electron chi connectivity index (χ3n) is 2.02. The second-order valence-electron chi connectivity index (χ2n) is 2.24. The Hall–Kier alpha value is -0.660. The van der Waals surface area contributed by atoms with Crippen LogP contribution in [0.1, 0.15) is 20.8 Å². The molecule has 0 bridgehead atoms. The van der Waals surface area contributed by atoms with Crippen molar-refractivity contribution < 1.29 is 4.59 Å². The van der Waals surface area contributed by atoms with E-state index in [9.17, 15) is 0 Å². The molecule has 0 atom stereocenters. The fourth-order valence-corrected chi connectivity index (χ4v) is 0.978. The smallest absolute Gasteiger partial charge is 0.0855 e. The van der Waals surface area contributed by atoms with Crippen LogP contribution < -0.4 is 0 Å². The number of hydrogen-bond acceptors (Lipinski definition) is 1. The third-order valence-corrected chi connectivity index (χ3v) is 2.02. The van der Waals surface area contributed by atoms with Gasteiger partial charge in [-0.15, -0.1) is 0 Å². The van der Waals surface area contributed by atoms with Gasteiger partial charge in [0.1, 0.15) is 0 Å². The summed E-state index contributed by atoms with van der Waals surface area (Å²) in [6.07, 6.45) is 0. The minimum Gasteiger partial charge on any atom is -0.418 e. The molecule has 0 aliphatic rings. The molecule has 0 rings (SSSR count). The molecule has 0 radical (unpaired) electrons. The number of nitrogens with zero attached hydrogens (tertiary/aromatic N) is 3. The van der Waals surface area contributed by atoms with E-state index in [4.69, 9.17) is 5.41 Å². The van der Waals surface area contributed by atoms with Crippen molar-refractivity contribution in [3.63, 3.8) is 0 Å². The van der Waals surface area contributed by atoms with E-state index in [-0.39, 0.29) is 0 Å². The molecule has 10 heavy (non-hydrogen) atoms. The predicted molar refractivity (Wildman–Crippen MR) is 42.7 cm³/mol. The molecular formula is C7H15N3. The van der Waals surface area contributed by atoms with Crippen molar-refractivity contribution in [3.05, 3.63) is 5.41 Å². The van der Waals surface area contributed by atoms with Crippen LogP contribution in [-0.4, -0.2) is 30.2 Å². The molecule has 0 aromatic carbocycles. The summed E-state index contributed by atoms with van der Waals surface area (Å²) in [7, 11) is 0. The molecule has 0 amide bonds. The number of hydrogen-bond donors (Lipinski definition) is 0. The average Bonchev–Trinajstić information content (AvgIpc) is 2.01. The highest BCUT2D eigenvalue weighted by molar-refractivity contribution is 5.43. The van der Waals surface area contributed by atoms with E-state index < -0.39 is 0 Å². The van der Waals surface area contributed by atoms with E-state index in [0.717, 1.165) is 19.6 Å². The summed E-state index contributed by atoms with van der Waals surface area (Å²) in [4.78, 5) is 0. The van der Waals surface area contributed by atoms with E-state index in [1.54, 1.807) is 0 Å². The summed E-state index contributed by atoms with van der Waals surface area (Å²) in [5.74, 6) is 0. The van der Waals surface area contributed by atoms with E-state index >= 15 is 0 Å². The van der Waals surface area contributed by atoms with Crippen molar-refractivity contribution >= 4 is 6.01 Å². The maximum absolute atomic E-state index is 8.36. The standard InChI is InChI=1S/C7H15N3/c1-4-10(5-2,6-3)9-7-8/h4-6H2,1-3H3. The van der Waals surface area contributed by atoms with Gasteiger partial charge >= 0.3 is 0 Å². The van der Waals surface area contributed by atoms with Gasteiger partial charge in [-0.05, 0) is 20.8 Å². The Morgan fingerprint density at radius 3 is 1.70 bits per heavy atom. The van der Waals surface area contributed by atoms with Crippen LogP contribution in [0.2, 0.25) is 0 Å². The van der Waals surface area contributed by atoms with Crippen molar-refractivity contribution in [2.24, 2.45) is 5.10 Å². The largest absolute Gasteiger partial charge is 0.418 e. The first-order chi connectivity index (χ1) is 4.74. The predicted octanol–water partition coefficient (Wildman–Crippen LogP) is 1.52. The molecule has 0 aromatic rings. The van der Waals surface area contributed by atoms with Crippen molar-refractivity contribution in [3.8, 4) is 0 Å². The molecule has 0 saturated carbocycles. The SMILES string of the molecule is CC[N+](CC)(CC)N=C=[N-]. The lowest BCUT2D eigenvalue weighted by Crippen LogP contribution is -2.41. The zero-order chi connectivity index (χ0) is 8.04. The normalized spacial score (nSPS) is 10.7. The maximum Gasteiger partial charge on any atom is 0.0855 e. The van der Waals surface area contributed by atoms with Crippen molar-refractivity contribution in [1.29, 1.82) is 0 Å². The third kappa shape index (κ3) is 1.94. The highest BCUT2D eigenvalue weighted by atomic mass is 15.6. The molecule has 0 saturated heterocycles. The van der Waals surface area contributed by atoms with Crippen LogP contribution in [0, 0.1) is 0 Å². The Morgan fingerprint density at radius 2 is 1.60 bits per heavy atom. The number of rotatable bonds is 4. The van der Waals surface area contributed by atoms with Crippen molar-refractivity contribution in [1.82, 2.24) is 0 Å². The van der Waals surface area contributed by atoms with Gasteiger partial charge in [-0.2, -0.15) is 0 Å². The molecule has 0 N–H and O–H groups in total. The van der Waals surface area contributed by atoms with Crippen LogP contribution >= 0.6 is 0 Å². The van der Waals surface area contributed by atoms with Crippen LogP contribution in [0.5, 0.6) is 0 Å². The first-order valence-corrected chi connectivity index (χ1v) is 3.72. The summed E-state index contributed by atoms with van der Waals surface area (Å²) in [5.41, 5.74) is 0. The molecule has 0 spiro atoms. The minimum atomic E-state index is 0.566. The zero-order valence-electron chi connectivity index (χ0n) is 6.96. The molecule has 58 valence electrons. The van der Waals surface area contributed by atoms with Gasteiger partial charge in [-0.25, -0.2) is 5.10 Å². The zero-order valence-corrected chi connectivity index (χ0v) is 6.96. The molecule has 0 aliphatic heterocycles. The van der Waals surface area contributed by atoms with E-state index in [1.165, 1.54) is 0 Å². The second-order valence-corrected chi connectivity index (χ2v) is 2.24. The highest BCUT2D eigenvalue weighted by Crippen LogP contribution is 2.04. The quantitative estimate of drug-likeness (QED) is 0.323. The fraction of sp³-hybridized carbons (Fsp3) is 0.857. The summed E-state index contributed by atoms with van der Waals surface area (Å²) < 4.78 is 0.566. The molecule has 3 nitrogen and oxygen atoms in total. The fourth-order valence-electron chi connectivity index (χ4n) is 0.978. The van der Waals surface area contributed by atoms with Gasteiger partial charge < -0.3 is 5.41 Å². The topological polar surface area (TPSA) is 34.7 Å². The lowest BCUT2D eigenvalue weighted by Gasteiger charge is -2.33. The van der Waals surface area contributed by atoms with Crippen LogP contribution in [0.15, 0.2) is 5.10 Å². The second kappa shape index (κ2) is 4.20.